The van der Waals surface area contributed by atoms with E-state index in [1.165, 1.54) is 11.1 Å². The van der Waals surface area contributed by atoms with E-state index in [0.29, 0.717) is 18.5 Å². The molecule has 2 N–H and O–H groups in total. The van der Waals surface area contributed by atoms with E-state index in [1.807, 2.05) is 24.4 Å². The van der Waals surface area contributed by atoms with Gasteiger partial charge in [0, 0.05) is 36.6 Å². The molecule has 0 fully saturated rings. The number of benzene rings is 1. The summed E-state index contributed by atoms with van der Waals surface area (Å²) in [5.41, 5.74) is 4.30. The maximum Gasteiger partial charge on any atom is 0.225 e. The minimum atomic E-state index is 0.309. The van der Waals surface area contributed by atoms with E-state index in [2.05, 4.69) is 70.6 Å². The lowest BCUT2D eigenvalue weighted by Crippen LogP contribution is -2.16. The molecular formula is C21H25N5. The van der Waals surface area contributed by atoms with Crippen LogP contribution in [0.25, 0.3) is 11.3 Å². The number of aromatic nitrogens is 3. The molecule has 0 aliphatic carbocycles. The molecule has 3 aromatic rings. The minimum Gasteiger partial charge on any atom is -0.366 e. The molecule has 1 atom stereocenters. The van der Waals surface area contributed by atoms with Gasteiger partial charge in [0.2, 0.25) is 5.95 Å². The second-order valence-electron chi connectivity index (χ2n) is 6.50. The largest absolute Gasteiger partial charge is 0.366 e. The van der Waals surface area contributed by atoms with Crippen molar-refractivity contribution in [1.82, 2.24) is 15.0 Å². The molecule has 0 saturated heterocycles. The van der Waals surface area contributed by atoms with Crippen molar-refractivity contribution in [2.24, 2.45) is 0 Å². The van der Waals surface area contributed by atoms with E-state index >= 15 is 0 Å². The number of rotatable bonds is 7. The van der Waals surface area contributed by atoms with Crippen molar-refractivity contribution in [3.05, 3.63) is 66.0 Å². The summed E-state index contributed by atoms with van der Waals surface area (Å²) in [6.45, 7) is 7.08. The van der Waals surface area contributed by atoms with Crippen molar-refractivity contribution in [2.75, 3.05) is 10.6 Å². The van der Waals surface area contributed by atoms with Crippen molar-refractivity contribution in [3.8, 4) is 11.3 Å². The number of hydrogen-bond acceptors (Lipinski definition) is 5. The molecular weight excluding hydrogens is 322 g/mol. The molecule has 5 nitrogen and oxygen atoms in total. The fourth-order valence-corrected chi connectivity index (χ4v) is 2.60. The van der Waals surface area contributed by atoms with Crippen LogP contribution in [0.15, 0.2) is 54.9 Å². The summed E-state index contributed by atoms with van der Waals surface area (Å²) in [6.07, 6.45) is 4.59. The summed E-state index contributed by atoms with van der Waals surface area (Å²) >= 11 is 0. The van der Waals surface area contributed by atoms with Gasteiger partial charge in [-0.1, -0.05) is 36.8 Å². The van der Waals surface area contributed by atoms with Crippen molar-refractivity contribution >= 4 is 11.8 Å². The third-order valence-electron chi connectivity index (χ3n) is 4.23. The van der Waals surface area contributed by atoms with Crippen LogP contribution >= 0.6 is 0 Å². The fourth-order valence-electron chi connectivity index (χ4n) is 2.60. The first-order valence-corrected chi connectivity index (χ1v) is 8.99. The standard InChI is InChI=1S/C21H25N5/c1-4-16(3)24-21-25-19(18-9-6-10-22-14-18)12-20(26-21)23-13-17-8-5-7-15(2)11-17/h5-12,14,16H,4,13H2,1-3H3,(H2,23,24,25,26)/t16-/m1/s1. The summed E-state index contributed by atoms with van der Waals surface area (Å²) in [5, 5.41) is 6.79. The van der Waals surface area contributed by atoms with Crippen LogP contribution in [0.4, 0.5) is 11.8 Å². The smallest absolute Gasteiger partial charge is 0.225 e. The predicted molar refractivity (Wildman–Crippen MR) is 107 cm³/mol. The first kappa shape index (κ1) is 17.9. The SMILES string of the molecule is CC[C@@H](C)Nc1nc(NCc2cccc(C)c2)cc(-c2cccnc2)n1. The van der Waals surface area contributed by atoms with Gasteiger partial charge in [0.25, 0.3) is 0 Å². The third kappa shape index (κ3) is 4.79. The average Bonchev–Trinajstić information content (AvgIpc) is 2.67. The molecule has 5 heteroatoms. The molecule has 134 valence electrons. The molecule has 0 bridgehead atoms. The lowest BCUT2D eigenvalue weighted by atomic mass is 10.1. The van der Waals surface area contributed by atoms with Gasteiger partial charge >= 0.3 is 0 Å². The van der Waals surface area contributed by atoms with Gasteiger partial charge in [0.05, 0.1) is 5.69 Å². The Balaban J connectivity index is 1.86. The molecule has 0 radical (unpaired) electrons. The van der Waals surface area contributed by atoms with Gasteiger partial charge < -0.3 is 10.6 Å². The monoisotopic (exact) mass is 347 g/mol. The van der Waals surface area contributed by atoms with E-state index in [-0.39, 0.29) is 0 Å². The van der Waals surface area contributed by atoms with Crippen LogP contribution in [0.1, 0.15) is 31.4 Å². The van der Waals surface area contributed by atoms with Crippen LogP contribution in [0.5, 0.6) is 0 Å². The van der Waals surface area contributed by atoms with Crippen LogP contribution in [0, 0.1) is 6.92 Å². The predicted octanol–water partition coefficient (Wildman–Crippen LogP) is 4.67. The van der Waals surface area contributed by atoms with Crippen molar-refractivity contribution in [2.45, 2.75) is 39.8 Å². The van der Waals surface area contributed by atoms with Crippen LogP contribution < -0.4 is 10.6 Å². The summed E-state index contributed by atoms with van der Waals surface area (Å²) in [7, 11) is 0. The lowest BCUT2D eigenvalue weighted by Gasteiger charge is -2.14. The van der Waals surface area contributed by atoms with Crippen LogP contribution in [-0.2, 0) is 6.54 Å². The molecule has 2 heterocycles. The van der Waals surface area contributed by atoms with Gasteiger partial charge in [0.15, 0.2) is 0 Å². The van der Waals surface area contributed by atoms with E-state index in [4.69, 9.17) is 0 Å². The van der Waals surface area contributed by atoms with Crippen molar-refractivity contribution < 1.29 is 0 Å². The molecule has 0 aliphatic rings. The number of aryl methyl sites for hydroxylation is 1. The number of anilines is 2. The Bertz CT molecular complexity index is 848. The molecule has 0 aliphatic heterocycles. The highest BCUT2D eigenvalue weighted by atomic mass is 15.2. The zero-order valence-corrected chi connectivity index (χ0v) is 15.5. The summed E-state index contributed by atoms with van der Waals surface area (Å²) in [5.74, 6) is 1.43. The molecule has 26 heavy (non-hydrogen) atoms. The Labute approximate surface area is 154 Å². The average molecular weight is 347 g/mol. The van der Waals surface area contributed by atoms with E-state index in [9.17, 15) is 0 Å². The summed E-state index contributed by atoms with van der Waals surface area (Å²) < 4.78 is 0. The Kier molecular flexibility index (Phi) is 5.79. The Morgan fingerprint density at radius 2 is 1.96 bits per heavy atom. The van der Waals surface area contributed by atoms with Crippen molar-refractivity contribution in [3.63, 3.8) is 0 Å². The molecule has 0 amide bonds. The highest BCUT2D eigenvalue weighted by molar-refractivity contribution is 5.63. The topological polar surface area (TPSA) is 62.7 Å². The fraction of sp³-hybridized carbons (Fsp3) is 0.286. The van der Waals surface area contributed by atoms with Gasteiger partial charge in [-0.25, -0.2) is 4.98 Å². The molecule has 0 unspecified atom stereocenters. The van der Waals surface area contributed by atoms with Crippen LogP contribution in [-0.4, -0.2) is 21.0 Å². The molecule has 0 spiro atoms. The van der Waals surface area contributed by atoms with Crippen LogP contribution in [0.2, 0.25) is 0 Å². The number of nitrogens with zero attached hydrogens (tertiary/aromatic N) is 3. The maximum absolute atomic E-state index is 4.66. The second kappa shape index (κ2) is 8.43. The highest BCUT2D eigenvalue weighted by Crippen LogP contribution is 2.21. The molecule has 3 rings (SSSR count). The van der Waals surface area contributed by atoms with Crippen LogP contribution in [0.3, 0.4) is 0 Å². The zero-order valence-electron chi connectivity index (χ0n) is 15.5. The quantitative estimate of drug-likeness (QED) is 0.650. The summed E-state index contributed by atoms with van der Waals surface area (Å²) in [6, 6.07) is 14.7. The molecule has 0 saturated carbocycles. The Hall–Kier alpha value is -2.95. The second-order valence-corrected chi connectivity index (χ2v) is 6.50. The van der Waals surface area contributed by atoms with Crippen molar-refractivity contribution in [1.29, 1.82) is 0 Å². The Morgan fingerprint density at radius 1 is 1.08 bits per heavy atom. The van der Waals surface area contributed by atoms with Gasteiger partial charge in [-0.05, 0) is 38.0 Å². The van der Waals surface area contributed by atoms with Gasteiger partial charge in [-0.2, -0.15) is 4.98 Å². The number of hydrogen-bond donors (Lipinski definition) is 2. The first-order chi connectivity index (χ1) is 12.6. The van der Waals surface area contributed by atoms with Gasteiger partial charge in [0.1, 0.15) is 5.82 Å². The molecule has 1 aromatic carbocycles. The lowest BCUT2D eigenvalue weighted by molar-refractivity contribution is 0.753. The number of nitrogens with one attached hydrogen (secondary N) is 2. The first-order valence-electron chi connectivity index (χ1n) is 8.99. The van der Waals surface area contributed by atoms with Gasteiger partial charge in [-0.15, -0.1) is 0 Å². The minimum absolute atomic E-state index is 0.309. The normalized spacial score (nSPS) is 11.8. The molecule has 2 aromatic heterocycles. The third-order valence-corrected chi connectivity index (χ3v) is 4.23. The van der Waals surface area contributed by atoms with Gasteiger partial charge in [-0.3, -0.25) is 4.98 Å². The Morgan fingerprint density at radius 3 is 2.69 bits per heavy atom. The van der Waals surface area contributed by atoms with E-state index < -0.39 is 0 Å². The zero-order chi connectivity index (χ0) is 18.4. The number of pyridine rings is 1. The summed E-state index contributed by atoms with van der Waals surface area (Å²) in [4.78, 5) is 13.5. The highest BCUT2D eigenvalue weighted by Gasteiger charge is 2.09. The maximum atomic E-state index is 4.66. The van der Waals surface area contributed by atoms with E-state index in [1.54, 1.807) is 6.20 Å². The van der Waals surface area contributed by atoms with E-state index in [0.717, 1.165) is 23.5 Å².